The number of rotatable bonds is 6. The maximum absolute atomic E-state index is 13.8. The van der Waals surface area contributed by atoms with Gasteiger partial charge in [-0.15, -0.1) is 0 Å². The topological polar surface area (TPSA) is 76.6 Å². The van der Waals surface area contributed by atoms with Gasteiger partial charge in [-0.05, 0) is 29.8 Å². The van der Waals surface area contributed by atoms with Crippen LogP contribution in [0.5, 0.6) is 5.19 Å². The van der Waals surface area contributed by atoms with Gasteiger partial charge in [0, 0.05) is 25.9 Å². The summed E-state index contributed by atoms with van der Waals surface area (Å²) >= 11 is 1.32. The molecule has 0 aliphatic carbocycles. The van der Waals surface area contributed by atoms with Gasteiger partial charge in [0.05, 0.1) is 21.8 Å². The third kappa shape index (κ3) is 4.88. The molecule has 1 amide bonds. The highest BCUT2D eigenvalue weighted by molar-refractivity contribution is 7.91. The van der Waals surface area contributed by atoms with E-state index in [-0.39, 0.29) is 34.9 Å². The monoisotopic (exact) mass is 462 g/mol. The highest BCUT2D eigenvalue weighted by Gasteiger charge is 2.25. The molecule has 0 radical (unpaired) electrons. The smallest absolute Gasteiger partial charge is 0.274 e. The maximum atomic E-state index is 13.8. The molecule has 0 atom stereocenters. The lowest BCUT2D eigenvalue weighted by atomic mass is 10.1. The van der Waals surface area contributed by atoms with Crippen LogP contribution in [0, 0.1) is 5.82 Å². The van der Waals surface area contributed by atoms with Crippen LogP contribution in [0.1, 0.15) is 25.3 Å². The summed E-state index contributed by atoms with van der Waals surface area (Å²) in [7, 11) is -3.24. The molecule has 2 aromatic carbocycles. The molecule has 0 unspecified atom stereocenters. The van der Waals surface area contributed by atoms with Crippen LogP contribution in [0.2, 0.25) is 0 Å². The second-order valence-electron chi connectivity index (χ2n) is 7.49. The molecule has 0 bridgehead atoms. The Labute approximate surface area is 184 Å². The first-order valence-corrected chi connectivity index (χ1v) is 12.6. The molecule has 0 N–H and O–H groups in total. The third-order valence-electron chi connectivity index (χ3n) is 5.43. The average Bonchev–Trinajstić information content (AvgIpc) is 3.18. The summed E-state index contributed by atoms with van der Waals surface area (Å²) < 4.78 is 44.3. The Morgan fingerprint density at radius 3 is 2.55 bits per heavy atom. The summed E-state index contributed by atoms with van der Waals surface area (Å²) in [6.45, 7) is 2.76. The third-order valence-corrected chi connectivity index (χ3v) is 8.09. The Kier molecular flexibility index (Phi) is 6.24. The first-order valence-electron chi connectivity index (χ1n) is 10.2. The molecule has 4 rings (SSSR count). The first-order chi connectivity index (χ1) is 14.9. The molecule has 1 aromatic heterocycles. The average molecular weight is 463 g/mol. The van der Waals surface area contributed by atoms with Crippen molar-refractivity contribution < 1.29 is 22.3 Å². The van der Waals surface area contributed by atoms with E-state index in [9.17, 15) is 17.6 Å². The molecule has 6 nitrogen and oxygen atoms in total. The van der Waals surface area contributed by atoms with Gasteiger partial charge in [-0.25, -0.2) is 12.8 Å². The Morgan fingerprint density at radius 2 is 1.90 bits per heavy atom. The van der Waals surface area contributed by atoms with Crippen molar-refractivity contribution in [3.63, 3.8) is 0 Å². The summed E-state index contributed by atoms with van der Waals surface area (Å²) in [4.78, 5) is 19.0. The molecule has 9 heteroatoms. The van der Waals surface area contributed by atoms with Crippen molar-refractivity contribution in [3.8, 4) is 5.19 Å². The molecule has 1 aliphatic heterocycles. The minimum Gasteiger partial charge on any atom is -0.467 e. The van der Waals surface area contributed by atoms with Crippen LogP contribution in [0.3, 0.4) is 0 Å². The van der Waals surface area contributed by atoms with E-state index in [0.29, 0.717) is 36.6 Å². The van der Waals surface area contributed by atoms with Crippen LogP contribution in [0.4, 0.5) is 4.39 Å². The van der Waals surface area contributed by atoms with Gasteiger partial charge in [-0.1, -0.05) is 36.5 Å². The van der Waals surface area contributed by atoms with E-state index in [4.69, 9.17) is 4.74 Å². The maximum Gasteiger partial charge on any atom is 0.274 e. The zero-order chi connectivity index (χ0) is 22.0. The van der Waals surface area contributed by atoms with Crippen LogP contribution >= 0.6 is 11.3 Å². The molecular formula is C22H23FN2O4S2. The Morgan fingerprint density at radius 1 is 1.19 bits per heavy atom. The molecular weight excluding hydrogens is 439 g/mol. The van der Waals surface area contributed by atoms with Crippen LogP contribution in [0.15, 0.2) is 47.4 Å². The number of carbonyl (C=O) groups excluding carboxylic acids is 1. The molecule has 3 aromatic rings. The number of hydrogen-bond acceptors (Lipinski definition) is 6. The fourth-order valence-corrected chi connectivity index (χ4v) is 5.36. The fraction of sp³-hybridized carbons (Fsp3) is 0.364. The van der Waals surface area contributed by atoms with Crippen LogP contribution in [-0.4, -0.2) is 49.2 Å². The van der Waals surface area contributed by atoms with Gasteiger partial charge in [-0.3, -0.25) is 4.79 Å². The molecule has 2 heterocycles. The summed E-state index contributed by atoms with van der Waals surface area (Å²) in [5.74, 6) is -0.301. The number of carbonyl (C=O) groups is 1. The lowest BCUT2D eigenvalue weighted by molar-refractivity contribution is -0.132. The first kappa shape index (κ1) is 21.7. The number of sulfone groups is 1. The number of benzene rings is 2. The zero-order valence-corrected chi connectivity index (χ0v) is 18.7. The highest BCUT2D eigenvalue weighted by Crippen LogP contribution is 2.31. The molecule has 31 heavy (non-hydrogen) atoms. The van der Waals surface area contributed by atoms with E-state index in [2.05, 4.69) is 4.98 Å². The Balaban J connectivity index is 1.31. The van der Waals surface area contributed by atoms with Gasteiger partial charge in [0.2, 0.25) is 5.91 Å². The normalized spacial score (nSPS) is 15.4. The number of ether oxygens (including phenoxy) is 1. The number of amides is 1. The predicted octanol–water partition coefficient (Wildman–Crippen LogP) is 3.84. The number of aromatic nitrogens is 1. The van der Waals surface area contributed by atoms with Crippen LogP contribution < -0.4 is 4.74 Å². The predicted molar refractivity (Wildman–Crippen MR) is 118 cm³/mol. The lowest BCUT2D eigenvalue weighted by Gasteiger charge is -2.31. The Bertz CT molecular complexity index is 1180. The van der Waals surface area contributed by atoms with Crippen molar-refractivity contribution in [1.82, 2.24) is 9.88 Å². The van der Waals surface area contributed by atoms with Crippen LogP contribution in [0.25, 0.3) is 10.2 Å². The molecule has 1 saturated heterocycles. The van der Waals surface area contributed by atoms with E-state index in [1.807, 2.05) is 6.07 Å². The largest absolute Gasteiger partial charge is 0.467 e. The van der Waals surface area contributed by atoms with Crippen molar-refractivity contribution in [2.24, 2.45) is 0 Å². The van der Waals surface area contributed by atoms with Gasteiger partial charge >= 0.3 is 0 Å². The fourth-order valence-electron chi connectivity index (χ4n) is 3.58. The number of hydrogen-bond donors (Lipinski definition) is 0. The zero-order valence-electron chi connectivity index (χ0n) is 17.1. The van der Waals surface area contributed by atoms with Gasteiger partial charge in [0.15, 0.2) is 9.84 Å². The molecule has 1 aliphatic rings. The van der Waals surface area contributed by atoms with Crippen molar-refractivity contribution in [2.75, 3.05) is 18.8 Å². The van der Waals surface area contributed by atoms with Crippen molar-refractivity contribution >= 4 is 37.3 Å². The summed E-state index contributed by atoms with van der Waals surface area (Å²) in [6.07, 6.45) is 1.52. The van der Waals surface area contributed by atoms with Gasteiger partial charge in [0.1, 0.15) is 17.4 Å². The van der Waals surface area contributed by atoms with E-state index >= 15 is 0 Å². The van der Waals surface area contributed by atoms with Crippen molar-refractivity contribution in [1.29, 1.82) is 0 Å². The molecule has 164 valence electrons. The number of thiazole rings is 1. The molecule has 0 spiro atoms. The van der Waals surface area contributed by atoms with E-state index in [0.717, 1.165) is 10.3 Å². The number of fused-ring (bicyclic) bond motifs is 1. The lowest BCUT2D eigenvalue weighted by Crippen LogP contribution is -2.42. The van der Waals surface area contributed by atoms with Gasteiger partial charge in [0.25, 0.3) is 5.19 Å². The quantitative estimate of drug-likeness (QED) is 0.556. The minimum atomic E-state index is -3.24. The Hall–Kier alpha value is -2.52. The standard InChI is InChI=1S/C22H23FN2O4S2/c1-2-31(27,28)17-8-6-15(7-9-17)14-20(26)25-12-10-16(11-13-25)29-22-24-21-18(23)4-3-5-19(21)30-22/h3-9,16H,2,10-14H2,1H3. The number of para-hydroxylation sites is 1. The summed E-state index contributed by atoms with van der Waals surface area (Å²) in [5.41, 5.74) is 1.11. The van der Waals surface area contributed by atoms with E-state index < -0.39 is 9.84 Å². The SMILES string of the molecule is CCS(=O)(=O)c1ccc(CC(=O)N2CCC(Oc3nc4c(F)cccc4s3)CC2)cc1. The second kappa shape index (κ2) is 8.92. The highest BCUT2D eigenvalue weighted by atomic mass is 32.2. The summed E-state index contributed by atoms with van der Waals surface area (Å²) in [6, 6.07) is 11.4. The molecule has 1 fully saturated rings. The number of nitrogens with zero attached hydrogens (tertiary/aromatic N) is 2. The van der Waals surface area contributed by atoms with Gasteiger partial charge in [-0.2, -0.15) is 4.98 Å². The van der Waals surface area contributed by atoms with Crippen molar-refractivity contribution in [2.45, 2.75) is 37.2 Å². The van der Waals surface area contributed by atoms with E-state index in [1.54, 1.807) is 42.2 Å². The minimum absolute atomic E-state index is 0.00612. The van der Waals surface area contributed by atoms with Crippen LogP contribution in [-0.2, 0) is 21.1 Å². The van der Waals surface area contributed by atoms with E-state index in [1.165, 1.54) is 17.4 Å². The van der Waals surface area contributed by atoms with Crippen molar-refractivity contribution in [3.05, 3.63) is 53.8 Å². The second-order valence-corrected chi connectivity index (χ2v) is 10.8. The number of halogens is 1. The number of likely N-dealkylation sites (tertiary alicyclic amines) is 1. The van der Waals surface area contributed by atoms with Gasteiger partial charge < -0.3 is 9.64 Å². The summed E-state index contributed by atoms with van der Waals surface area (Å²) in [5, 5.41) is 0.451. The number of piperidine rings is 1. The molecule has 0 saturated carbocycles.